The van der Waals surface area contributed by atoms with Crippen LogP contribution < -0.4 is 4.90 Å². The highest BCUT2D eigenvalue weighted by Gasteiger charge is 2.27. The second-order valence-corrected chi connectivity index (χ2v) is 6.21. The Balaban J connectivity index is 2.05. The van der Waals surface area contributed by atoms with Crippen LogP contribution in [0.25, 0.3) is 11.0 Å². The van der Waals surface area contributed by atoms with Gasteiger partial charge in [-0.1, -0.05) is 11.6 Å². The highest BCUT2D eigenvalue weighted by Crippen LogP contribution is 2.31. The number of hydrogen-bond donors (Lipinski definition) is 0. The second-order valence-electron chi connectivity index (χ2n) is 5.81. The average Bonchev–Trinajstić information content (AvgIpc) is 2.74. The molecule has 0 saturated carbocycles. The maximum Gasteiger partial charge on any atom is 0.161 e. The second kappa shape index (κ2) is 5.46. The van der Waals surface area contributed by atoms with Gasteiger partial charge in [-0.05, 0) is 26.7 Å². The lowest BCUT2D eigenvalue weighted by molar-refractivity contribution is 0.0826. The number of fused-ring (bicyclic) bond motifs is 1. The molecular formula is C15H21ClN4O. The molecule has 6 heteroatoms. The van der Waals surface area contributed by atoms with Crippen LogP contribution in [0.2, 0.25) is 5.02 Å². The van der Waals surface area contributed by atoms with Crippen LogP contribution in [0, 0.1) is 6.92 Å². The third kappa shape index (κ3) is 2.49. The zero-order chi connectivity index (χ0) is 15.1. The molecule has 3 heterocycles. The van der Waals surface area contributed by atoms with Gasteiger partial charge in [0.25, 0.3) is 0 Å². The number of methoxy groups -OCH3 is 1. The van der Waals surface area contributed by atoms with Crippen LogP contribution in [0.5, 0.6) is 0 Å². The predicted octanol–water partition coefficient (Wildman–Crippen LogP) is 2.93. The van der Waals surface area contributed by atoms with Crippen molar-refractivity contribution in [3.05, 3.63) is 16.8 Å². The van der Waals surface area contributed by atoms with Crippen molar-refractivity contribution in [2.75, 3.05) is 18.6 Å². The summed E-state index contributed by atoms with van der Waals surface area (Å²) in [6, 6.07) is 2.39. The highest BCUT2D eigenvalue weighted by atomic mass is 35.5. The standard InChI is InChI=1S/C15H21ClN4O/c1-9-5-6-11(21-4)8-20(9)13-7-12(16)14-10(2)18-19(3)15(14)17-13/h7,9,11H,5-6,8H2,1-4H3. The molecule has 0 N–H and O–H groups in total. The summed E-state index contributed by atoms with van der Waals surface area (Å²) in [5, 5.41) is 6.07. The summed E-state index contributed by atoms with van der Waals surface area (Å²) in [5.74, 6) is 0.907. The summed E-state index contributed by atoms with van der Waals surface area (Å²) in [4.78, 5) is 7.07. The summed E-state index contributed by atoms with van der Waals surface area (Å²) in [7, 11) is 3.67. The van der Waals surface area contributed by atoms with Crippen molar-refractivity contribution >= 4 is 28.5 Å². The number of halogens is 1. The highest BCUT2D eigenvalue weighted by molar-refractivity contribution is 6.35. The number of pyridine rings is 1. The van der Waals surface area contributed by atoms with Crippen LogP contribution in [0.4, 0.5) is 5.82 Å². The summed E-state index contributed by atoms with van der Waals surface area (Å²) in [6.07, 6.45) is 2.45. The largest absolute Gasteiger partial charge is 0.380 e. The average molecular weight is 309 g/mol. The molecule has 0 amide bonds. The van der Waals surface area contributed by atoms with Gasteiger partial charge in [0, 0.05) is 32.8 Å². The Morgan fingerprint density at radius 3 is 2.86 bits per heavy atom. The van der Waals surface area contributed by atoms with Gasteiger partial charge in [-0.2, -0.15) is 5.10 Å². The molecule has 1 fully saturated rings. The molecule has 1 aliphatic heterocycles. The molecule has 0 bridgehead atoms. The molecule has 1 saturated heterocycles. The zero-order valence-corrected chi connectivity index (χ0v) is 13.7. The van der Waals surface area contributed by atoms with Gasteiger partial charge in [-0.25, -0.2) is 4.98 Å². The first-order valence-electron chi connectivity index (χ1n) is 7.30. The fourth-order valence-corrected chi connectivity index (χ4v) is 3.43. The quantitative estimate of drug-likeness (QED) is 0.855. The molecule has 0 spiro atoms. The van der Waals surface area contributed by atoms with Gasteiger partial charge in [-0.15, -0.1) is 0 Å². The molecular weight excluding hydrogens is 288 g/mol. The van der Waals surface area contributed by atoms with Crippen molar-refractivity contribution in [3.63, 3.8) is 0 Å². The van der Waals surface area contributed by atoms with E-state index in [4.69, 9.17) is 21.3 Å². The monoisotopic (exact) mass is 308 g/mol. The maximum atomic E-state index is 6.47. The maximum absolute atomic E-state index is 6.47. The Labute approximate surface area is 129 Å². The summed E-state index contributed by atoms with van der Waals surface area (Å²) >= 11 is 6.47. The zero-order valence-electron chi connectivity index (χ0n) is 12.9. The van der Waals surface area contributed by atoms with Gasteiger partial charge in [0.1, 0.15) is 5.82 Å². The summed E-state index contributed by atoms with van der Waals surface area (Å²) in [6.45, 7) is 5.03. The van der Waals surface area contributed by atoms with E-state index in [0.29, 0.717) is 11.1 Å². The van der Waals surface area contributed by atoms with Gasteiger partial charge in [0.05, 0.1) is 22.2 Å². The fourth-order valence-electron chi connectivity index (χ4n) is 3.11. The Bertz CT molecular complexity index is 669. The van der Waals surface area contributed by atoms with Gasteiger partial charge in [0.2, 0.25) is 0 Å². The van der Waals surface area contributed by atoms with E-state index >= 15 is 0 Å². The molecule has 3 rings (SSSR count). The molecule has 114 valence electrons. The normalized spacial score (nSPS) is 23.0. The van der Waals surface area contributed by atoms with E-state index in [2.05, 4.69) is 16.9 Å². The molecule has 2 aromatic rings. The molecule has 0 aromatic carbocycles. The van der Waals surface area contributed by atoms with Gasteiger partial charge in [0.15, 0.2) is 5.65 Å². The lowest BCUT2D eigenvalue weighted by Gasteiger charge is -2.38. The Morgan fingerprint density at radius 1 is 1.38 bits per heavy atom. The minimum atomic E-state index is 0.255. The number of anilines is 1. The minimum absolute atomic E-state index is 0.255. The number of ether oxygens (including phenoxy) is 1. The van der Waals surface area contributed by atoms with E-state index in [-0.39, 0.29) is 6.10 Å². The third-order valence-corrected chi connectivity index (χ3v) is 4.67. The number of hydrogen-bond acceptors (Lipinski definition) is 4. The van der Waals surface area contributed by atoms with Crippen LogP contribution in [0.15, 0.2) is 6.07 Å². The van der Waals surface area contributed by atoms with E-state index in [1.165, 1.54) is 0 Å². The number of aryl methyl sites for hydroxylation is 2. The Morgan fingerprint density at radius 2 is 2.14 bits per heavy atom. The lowest BCUT2D eigenvalue weighted by atomic mass is 10.0. The summed E-state index contributed by atoms with van der Waals surface area (Å²) in [5.41, 5.74) is 1.75. The van der Waals surface area contributed by atoms with Crippen molar-refractivity contribution in [1.82, 2.24) is 14.8 Å². The van der Waals surface area contributed by atoms with E-state index < -0.39 is 0 Å². The van der Waals surface area contributed by atoms with Crippen molar-refractivity contribution in [3.8, 4) is 0 Å². The SMILES string of the molecule is COC1CCC(C)N(c2cc(Cl)c3c(C)nn(C)c3n2)C1. The van der Waals surface area contributed by atoms with Crippen LogP contribution in [0.1, 0.15) is 25.5 Å². The molecule has 0 radical (unpaired) electrons. The van der Waals surface area contributed by atoms with Gasteiger partial charge in [-0.3, -0.25) is 4.68 Å². The number of piperidine rings is 1. The fraction of sp³-hybridized carbons (Fsp3) is 0.600. The van der Waals surface area contributed by atoms with Crippen LogP contribution in [-0.4, -0.2) is 40.6 Å². The minimum Gasteiger partial charge on any atom is -0.380 e. The van der Waals surface area contributed by atoms with Crippen molar-refractivity contribution in [2.45, 2.75) is 38.8 Å². The van der Waals surface area contributed by atoms with E-state index in [0.717, 1.165) is 41.9 Å². The third-order valence-electron chi connectivity index (χ3n) is 4.37. The van der Waals surface area contributed by atoms with E-state index in [1.54, 1.807) is 11.8 Å². The molecule has 2 aromatic heterocycles. The van der Waals surface area contributed by atoms with Crippen LogP contribution >= 0.6 is 11.6 Å². The topological polar surface area (TPSA) is 43.2 Å². The molecule has 2 atom stereocenters. The number of rotatable bonds is 2. The van der Waals surface area contributed by atoms with Gasteiger partial charge < -0.3 is 9.64 Å². The van der Waals surface area contributed by atoms with Crippen LogP contribution in [-0.2, 0) is 11.8 Å². The first kappa shape index (κ1) is 14.6. The van der Waals surface area contributed by atoms with Gasteiger partial charge >= 0.3 is 0 Å². The molecule has 2 unspecified atom stereocenters. The van der Waals surface area contributed by atoms with E-state index in [1.807, 2.05) is 20.0 Å². The van der Waals surface area contributed by atoms with Crippen molar-refractivity contribution < 1.29 is 4.74 Å². The first-order chi connectivity index (χ1) is 10.0. The molecule has 21 heavy (non-hydrogen) atoms. The van der Waals surface area contributed by atoms with Crippen LogP contribution in [0.3, 0.4) is 0 Å². The molecule has 5 nitrogen and oxygen atoms in total. The van der Waals surface area contributed by atoms with Crippen molar-refractivity contribution in [1.29, 1.82) is 0 Å². The summed E-state index contributed by atoms with van der Waals surface area (Å²) < 4.78 is 7.31. The smallest absolute Gasteiger partial charge is 0.161 e. The van der Waals surface area contributed by atoms with Crippen molar-refractivity contribution in [2.24, 2.45) is 7.05 Å². The van der Waals surface area contributed by atoms with E-state index in [9.17, 15) is 0 Å². The Hall–Kier alpha value is -1.33. The Kier molecular flexibility index (Phi) is 3.80. The predicted molar refractivity (Wildman–Crippen MR) is 85.1 cm³/mol. The first-order valence-corrected chi connectivity index (χ1v) is 7.68. The molecule has 0 aliphatic carbocycles. The molecule has 1 aliphatic rings. The number of aromatic nitrogens is 3. The lowest BCUT2D eigenvalue weighted by Crippen LogP contribution is -2.45. The number of nitrogens with zero attached hydrogens (tertiary/aromatic N) is 4.